The van der Waals surface area contributed by atoms with E-state index >= 15 is 0 Å². The second-order valence-electron chi connectivity index (χ2n) is 4.40. The largest absolute Gasteiger partial charge is 0.507 e. The van der Waals surface area contributed by atoms with Gasteiger partial charge in [0, 0.05) is 11.1 Å². The number of rotatable bonds is 3. The van der Waals surface area contributed by atoms with Crippen molar-refractivity contribution in [1.82, 2.24) is 10.2 Å². The first-order valence-electron chi connectivity index (χ1n) is 6.26. The zero-order valence-electron chi connectivity index (χ0n) is 11.0. The molecule has 1 heterocycles. The van der Waals surface area contributed by atoms with E-state index in [1.165, 1.54) is 0 Å². The summed E-state index contributed by atoms with van der Waals surface area (Å²) in [7, 11) is 1.64. The fourth-order valence-electron chi connectivity index (χ4n) is 2.17. The highest BCUT2D eigenvalue weighted by Crippen LogP contribution is 2.35. The predicted molar refractivity (Wildman–Crippen MR) is 77.7 cm³/mol. The SMILES string of the molecule is COc1ccc(-c2cn[nH]c2-c2ccccc2O)cc1. The van der Waals surface area contributed by atoms with Gasteiger partial charge in [-0.3, -0.25) is 5.10 Å². The number of aromatic nitrogens is 2. The average molecular weight is 266 g/mol. The van der Waals surface area contributed by atoms with E-state index in [4.69, 9.17) is 4.74 Å². The van der Waals surface area contributed by atoms with Crippen molar-refractivity contribution in [2.75, 3.05) is 7.11 Å². The third-order valence-electron chi connectivity index (χ3n) is 3.21. The molecule has 0 spiro atoms. The smallest absolute Gasteiger partial charge is 0.124 e. The van der Waals surface area contributed by atoms with Crippen LogP contribution in [0.15, 0.2) is 54.7 Å². The minimum absolute atomic E-state index is 0.228. The Hall–Kier alpha value is -2.75. The number of nitrogens with one attached hydrogen (secondary N) is 1. The van der Waals surface area contributed by atoms with Crippen LogP contribution in [0.4, 0.5) is 0 Å². The van der Waals surface area contributed by atoms with Gasteiger partial charge in [0.2, 0.25) is 0 Å². The molecule has 1 aromatic heterocycles. The van der Waals surface area contributed by atoms with E-state index < -0.39 is 0 Å². The summed E-state index contributed by atoms with van der Waals surface area (Å²) in [6, 6.07) is 14.9. The number of phenolic OH excluding ortho intramolecular Hbond substituents is 1. The molecule has 0 atom stereocenters. The lowest BCUT2D eigenvalue weighted by atomic mass is 10.0. The van der Waals surface area contributed by atoms with Gasteiger partial charge in [0.05, 0.1) is 19.0 Å². The Morgan fingerprint density at radius 3 is 2.45 bits per heavy atom. The van der Waals surface area contributed by atoms with Gasteiger partial charge < -0.3 is 9.84 Å². The van der Waals surface area contributed by atoms with Gasteiger partial charge in [-0.1, -0.05) is 24.3 Å². The third kappa shape index (κ3) is 2.12. The molecule has 0 aliphatic heterocycles. The van der Waals surface area contributed by atoms with Crippen LogP contribution in [0.25, 0.3) is 22.4 Å². The first-order valence-corrected chi connectivity index (χ1v) is 6.26. The van der Waals surface area contributed by atoms with E-state index in [2.05, 4.69) is 10.2 Å². The minimum atomic E-state index is 0.228. The summed E-state index contributed by atoms with van der Waals surface area (Å²) in [5, 5.41) is 17.0. The molecule has 0 aliphatic rings. The second kappa shape index (κ2) is 5.09. The number of hydrogen-bond donors (Lipinski definition) is 2. The maximum absolute atomic E-state index is 9.97. The molecule has 0 bridgehead atoms. The molecule has 0 radical (unpaired) electrons. The van der Waals surface area contributed by atoms with Crippen molar-refractivity contribution >= 4 is 0 Å². The Kier molecular flexibility index (Phi) is 3.13. The number of hydrogen-bond acceptors (Lipinski definition) is 3. The van der Waals surface area contributed by atoms with E-state index in [0.29, 0.717) is 0 Å². The van der Waals surface area contributed by atoms with Crippen molar-refractivity contribution in [2.45, 2.75) is 0 Å². The van der Waals surface area contributed by atoms with Gasteiger partial charge in [0.1, 0.15) is 11.5 Å². The number of aromatic hydroxyl groups is 1. The van der Waals surface area contributed by atoms with E-state index in [1.807, 2.05) is 36.4 Å². The molecule has 100 valence electrons. The second-order valence-corrected chi connectivity index (χ2v) is 4.40. The van der Waals surface area contributed by atoms with Crippen LogP contribution in [-0.4, -0.2) is 22.4 Å². The number of H-pyrrole nitrogens is 1. The van der Waals surface area contributed by atoms with Crippen molar-refractivity contribution in [3.05, 3.63) is 54.7 Å². The Morgan fingerprint density at radius 2 is 1.75 bits per heavy atom. The molecule has 0 fully saturated rings. The summed E-state index contributed by atoms with van der Waals surface area (Å²) in [6.07, 6.45) is 1.75. The molecule has 0 amide bonds. The summed E-state index contributed by atoms with van der Waals surface area (Å²) in [4.78, 5) is 0. The van der Waals surface area contributed by atoms with Crippen LogP contribution in [-0.2, 0) is 0 Å². The fourth-order valence-corrected chi connectivity index (χ4v) is 2.17. The number of ether oxygens (including phenoxy) is 1. The zero-order valence-corrected chi connectivity index (χ0v) is 11.0. The van der Waals surface area contributed by atoms with Crippen molar-refractivity contribution in [1.29, 1.82) is 0 Å². The van der Waals surface area contributed by atoms with E-state index in [-0.39, 0.29) is 5.75 Å². The van der Waals surface area contributed by atoms with Crippen molar-refractivity contribution in [2.24, 2.45) is 0 Å². The molecular formula is C16H14N2O2. The Balaban J connectivity index is 2.08. The molecule has 4 heteroatoms. The van der Waals surface area contributed by atoms with Crippen LogP contribution in [0.2, 0.25) is 0 Å². The molecule has 0 saturated carbocycles. The molecule has 3 rings (SSSR count). The molecule has 0 unspecified atom stereocenters. The quantitative estimate of drug-likeness (QED) is 0.763. The fraction of sp³-hybridized carbons (Fsp3) is 0.0625. The number of para-hydroxylation sites is 1. The van der Waals surface area contributed by atoms with Crippen LogP contribution in [0, 0.1) is 0 Å². The summed E-state index contributed by atoms with van der Waals surface area (Å²) >= 11 is 0. The highest BCUT2D eigenvalue weighted by molar-refractivity contribution is 5.82. The molecular weight excluding hydrogens is 252 g/mol. The monoisotopic (exact) mass is 266 g/mol. The highest BCUT2D eigenvalue weighted by atomic mass is 16.5. The molecule has 4 nitrogen and oxygen atoms in total. The zero-order chi connectivity index (χ0) is 13.9. The topological polar surface area (TPSA) is 58.1 Å². The molecule has 0 saturated heterocycles. The maximum Gasteiger partial charge on any atom is 0.124 e. The molecule has 3 aromatic rings. The van der Waals surface area contributed by atoms with Crippen molar-refractivity contribution in [3.8, 4) is 33.9 Å². The van der Waals surface area contributed by atoms with Gasteiger partial charge in [-0.2, -0.15) is 5.10 Å². The first-order chi connectivity index (χ1) is 9.79. The van der Waals surface area contributed by atoms with E-state index in [1.54, 1.807) is 25.4 Å². The Morgan fingerprint density at radius 1 is 1.00 bits per heavy atom. The number of nitrogens with zero attached hydrogens (tertiary/aromatic N) is 1. The molecule has 0 aliphatic carbocycles. The van der Waals surface area contributed by atoms with Crippen LogP contribution in [0.5, 0.6) is 11.5 Å². The first kappa shape index (κ1) is 12.3. The van der Waals surface area contributed by atoms with Crippen molar-refractivity contribution in [3.63, 3.8) is 0 Å². The Bertz CT molecular complexity index is 717. The number of methoxy groups -OCH3 is 1. The highest BCUT2D eigenvalue weighted by Gasteiger charge is 2.12. The van der Waals surface area contributed by atoms with E-state index in [0.717, 1.165) is 28.1 Å². The van der Waals surface area contributed by atoms with Crippen molar-refractivity contribution < 1.29 is 9.84 Å². The lowest BCUT2D eigenvalue weighted by Crippen LogP contribution is -1.85. The summed E-state index contributed by atoms with van der Waals surface area (Å²) in [6.45, 7) is 0. The number of aromatic amines is 1. The lowest BCUT2D eigenvalue weighted by Gasteiger charge is -2.06. The summed E-state index contributed by atoms with van der Waals surface area (Å²) < 4.78 is 5.16. The molecule has 2 N–H and O–H groups in total. The standard InChI is InChI=1S/C16H14N2O2/c1-20-12-8-6-11(7-9-12)14-10-17-18-16(14)13-4-2-3-5-15(13)19/h2-10,19H,1H3,(H,17,18). The average Bonchev–Trinajstić information content (AvgIpc) is 2.97. The summed E-state index contributed by atoms with van der Waals surface area (Å²) in [5.74, 6) is 1.04. The van der Waals surface area contributed by atoms with Gasteiger partial charge in [-0.15, -0.1) is 0 Å². The third-order valence-corrected chi connectivity index (χ3v) is 3.21. The van der Waals surface area contributed by atoms with Gasteiger partial charge in [0.25, 0.3) is 0 Å². The number of benzene rings is 2. The summed E-state index contributed by atoms with van der Waals surface area (Å²) in [5.41, 5.74) is 3.48. The van der Waals surface area contributed by atoms with Crippen LogP contribution >= 0.6 is 0 Å². The van der Waals surface area contributed by atoms with Gasteiger partial charge in [-0.25, -0.2) is 0 Å². The van der Waals surface area contributed by atoms with Gasteiger partial charge in [0.15, 0.2) is 0 Å². The van der Waals surface area contributed by atoms with E-state index in [9.17, 15) is 5.11 Å². The van der Waals surface area contributed by atoms with Crippen LogP contribution in [0.1, 0.15) is 0 Å². The van der Waals surface area contributed by atoms with Crippen LogP contribution in [0.3, 0.4) is 0 Å². The van der Waals surface area contributed by atoms with Crippen LogP contribution < -0.4 is 4.74 Å². The predicted octanol–water partition coefficient (Wildman–Crippen LogP) is 3.46. The van der Waals surface area contributed by atoms with Gasteiger partial charge >= 0.3 is 0 Å². The lowest BCUT2D eigenvalue weighted by molar-refractivity contribution is 0.415. The minimum Gasteiger partial charge on any atom is -0.507 e. The van der Waals surface area contributed by atoms with Gasteiger partial charge in [-0.05, 0) is 29.8 Å². The molecule has 2 aromatic carbocycles. The normalized spacial score (nSPS) is 10.4. The molecule has 20 heavy (non-hydrogen) atoms. The maximum atomic E-state index is 9.97. The Labute approximate surface area is 116 Å². The number of phenols is 1.